The molecule has 0 atom stereocenters. The number of nitrogens with zero attached hydrogens (tertiary/aromatic N) is 1. The van der Waals surface area contributed by atoms with E-state index in [0.717, 1.165) is 45.2 Å². The van der Waals surface area contributed by atoms with Gasteiger partial charge in [0, 0.05) is 13.0 Å². The third-order valence-electron chi connectivity index (χ3n) is 3.77. The van der Waals surface area contributed by atoms with E-state index in [2.05, 4.69) is 4.90 Å². The largest absolute Gasteiger partial charge is 0.303 e. The van der Waals surface area contributed by atoms with Gasteiger partial charge in [-0.3, -0.25) is 0 Å². The van der Waals surface area contributed by atoms with Crippen molar-refractivity contribution in [3.63, 3.8) is 0 Å². The number of piperidine rings is 1. The van der Waals surface area contributed by atoms with Crippen LogP contribution in [0, 0.1) is 11.7 Å². The van der Waals surface area contributed by atoms with Crippen LogP contribution in [0.1, 0.15) is 24.8 Å². The van der Waals surface area contributed by atoms with Crippen molar-refractivity contribution in [1.29, 1.82) is 0 Å². The van der Waals surface area contributed by atoms with Gasteiger partial charge in [-0.2, -0.15) is 0 Å². The van der Waals surface area contributed by atoms with Crippen molar-refractivity contribution in [3.05, 3.63) is 35.6 Å². The number of benzene rings is 1. The van der Waals surface area contributed by atoms with Crippen LogP contribution in [0.4, 0.5) is 4.39 Å². The Balaban J connectivity index is 1.72. The highest BCUT2D eigenvalue weighted by Gasteiger charge is 2.18. The average molecular weight is 249 g/mol. The predicted molar refractivity (Wildman–Crippen MR) is 69.9 cm³/mol. The molecule has 3 heteroatoms. The quantitative estimate of drug-likeness (QED) is 0.748. The van der Waals surface area contributed by atoms with Gasteiger partial charge in [0.05, 0.1) is 0 Å². The second-order valence-electron chi connectivity index (χ2n) is 5.06. The molecule has 1 saturated heterocycles. The van der Waals surface area contributed by atoms with Crippen molar-refractivity contribution in [1.82, 2.24) is 4.90 Å². The SMILES string of the molecule is O=CCC1CCN(CCc2ccc(F)cc2)CC1. The molecule has 0 amide bonds. The van der Waals surface area contributed by atoms with Crippen LogP contribution in [0.2, 0.25) is 0 Å². The van der Waals surface area contributed by atoms with Gasteiger partial charge >= 0.3 is 0 Å². The van der Waals surface area contributed by atoms with Gasteiger partial charge in [-0.25, -0.2) is 4.39 Å². The lowest BCUT2D eigenvalue weighted by Gasteiger charge is -2.31. The van der Waals surface area contributed by atoms with Gasteiger partial charge in [0.25, 0.3) is 0 Å². The molecule has 0 aromatic heterocycles. The molecule has 98 valence electrons. The summed E-state index contributed by atoms with van der Waals surface area (Å²) in [4.78, 5) is 12.9. The molecule has 1 aromatic rings. The number of hydrogen-bond acceptors (Lipinski definition) is 2. The van der Waals surface area contributed by atoms with E-state index in [4.69, 9.17) is 0 Å². The summed E-state index contributed by atoms with van der Waals surface area (Å²) in [5.74, 6) is 0.415. The Labute approximate surface area is 108 Å². The summed E-state index contributed by atoms with van der Waals surface area (Å²) in [6, 6.07) is 6.75. The number of aldehydes is 1. The van der Waals surface area contributed by atoms with E-state index in [-0.39, 0.29) is 5.82 Å². The van der Waals surface area contributed by atoms with E-state index in [9.17, 15) is 9.18 Å². The van der Waals surface area contributed by atoms with Gasteiger partial charge in [-0.1, -0.05) is 12.1 Å². The molecule has 1 aliphatic rings. The molecule has 2 rings (SSSR count). The van der Waals surface area contributed by atoms with E-state index >= 15 is 0 Å². The summed E-state index contributed by atoms with van der Waals surface area (Å²) in [7, 11) is 0. The molecule has 2 nitrogen and oxygen atoms in total. The molecule has 0 bridgehead atoms. The smallest absolute Gasteiger partial charge is 0.123 e. The van der Waals surface area contributed by atoms with E-state index in [0.29, 0.717) is 12.3 Å². The molecule has 1 heterocycles. The molecule has 0 radical (unpaired) electrons. The number of carbonyl (C=O) groups is 1. The third-order valence-corrected chi connectivity index (χ3v) is 3.77. The molecule has 1 aromatic carbocycles. The van der Waals surface area contributed by atoms with Crippen LogP contribution >= 0.6 is 0 Å². The van der Waals surface area contributed by atoms with Crippen LogP contribution < -0.4 is 0 Å². The maximum atomic E-state index is 12.8. The summed E-state index contributed by atoms with van der Waals surface area (Å²) in [6.45, 7) is 3.19. The second-order valence-corrected chi connectivity index (χ2v) is 5.06. The lowest BCUT2D eigenvalue weighted by molar-refractivity contribution is -0.108. The van der Waals surface area contributed by atoms with Crippen molar-refractivity contribution in [2.75, 3.05) is 19.6 Å². The minimum atomic E-state index is -0.173. The lowest BCUT2D eigenvalue weighted by atomic mass is 9.94. The van der Waals surface area contributed by atoms with E-state index in [1.54, 1.807) is 0 Å². The van der Waals surface area contributed by atoms with Crippen LogP contribution in [-0.4, -0.2) is 30.8 Å². The first kappa shape index (κ1) is 13.2. The van der Waals surface area contributed by atoms with E-state index < -0.39 is 0 Å². The van der Waals surface area contributed by atoms with Crippen molar-refractivity contribution >= 4 is 6.29 Å². The average Bonchev–Trinajstić information content (AvgIpc) is 2.40. The van der Waals surface area contributed by atoms with Gasteiger partial charge < -0.3 is 9.69 Å². The highest BCUT2D eigenvalue weighted by molar-refractivity contribution is 5.49. The number of rotatable bonds is 5. The first-order valence-electron chi connectivity index (χ1n) is 6.68. The highest BCUT2D eigenvalue weighted by atomic mass is 19.1. The molecule has 0 spiro atoms. The Bertz CT molecular complexity index is 369. The van der Waals surface area contributed by atoms with Crippen LogP contribution in [-0.2, 0) is 11.2 Å². The predicted octanol–water partition coefficient (Wildman–Crippen LogP) is 2.67. The van der Waals surface area contributed by atoms with Crippen LogP contribution in [0.5, 0.6) is 0 Å². The molecule has 18 heavy (non-hydrogen) atoms. The Morgan fingerprint density at radius 2 is 1.89 bits per heavy atom. The normalized spacial score (nSPS) is 17.8. The fourth-order valence-corrected chi connectivity index (χ4v) is 2.52. The van der Waals surface area contributed by atoms with E-state index in [1.807, 2.05) is 12.1 Å². The van der Waals surface area contributed by atoms with Gasteiger partial charge in [0.15, 0.2) is 0 Å². The third kappa shape index (κ3) is 3.91. The minimum Gasteiger partial charge on any atom is -0.303 e. The topological polar surface area (TPSA) is 20.3 Å². The number of hydrogen-bond donors (Lipinski definition) is 0. The highest BCUT2D eigenvalue weighted by Crippen LogP contribution is 2.19. The van der Waals surface area contributed by atoms with Crippen molar-refractivity contribution in [3.8, 4) is 0 Å². The molecule has 1 aliphatic heterocycles. The zero-order valence-electron chi connectivity index (χ0n) is 10.6. The maximum Gasteiger partial charge on any atom is 0.123 e. The molecular formula is C15H20FNO. The molecule has 0 saturated carbocycles. The van der Waals surface area contributed by atoms with Crippen LogP contribution in [0.3, 0.4) is 0 Å². The summed E-state index contributed by atoms with van der Waals surface area (Å²) < 4.78 is 12.8. The van der Waals surface area contributed by atoms with Crippen LogP contribution in [0.25, 0.3) is 0 Å². The number of halogens is 1. The van der Waals surface area contributed by atoms with Gasteiger partial charge in [-0.15, -0.1) is 0 Å². The first-order chi connectivity index (χ1) is 8.78. The summed E-state index contributed by atoms with van der Waals surface area (Å²) in [6.07, 6.45) is 4.98. The van der Waals surface area contributed by atoms with Gasteiger partial charge in [0.2, 0.25) is 0 Å². The van der Waals surface area contributed by atoms with Crippen molar-refractivity contribution in [2.45, 2.75) is 25.7 Å². The molecular weight excluding hydrogens is 229 g/mol. The Hall–Kier alpha value is -1.22. The van der Waals surface area contributed by atoms with Gasteiger partial charge in [-0.05, 0) is 56.0 Å². The first-order valence-corrected chi connectivity index (χ1v) is 6.68. The fourth-order valence-electron chi connectivity index (χ4n) is 2.52. The second kappa shape index (κ2) is 6.64. The zero-order valence-corrected chi connectivity index (χ0v) is 10.6. The Morgan fingerprint density at radius 3 is 2.50 bits per heavy atom. The molecule has 1 fully saturated rings. The molecule has 0 aliphatic carbocycles. The Morgan fingerprint density at radius 1 is 1.22 bits per heavy atom. The summed E-state index contributed by atoms with van der Waals surface area (Å²) in [5.41, 5.74) is 1.19. The van der Waals surface area contributed by atoms with E-state index in [1.165, 1.54) is 17.7 Å². The lowest BCUT2D eigenvalue weighted by Crippen LogP contribution is -2.35. The maximum absolute atomic E-state index is 12.8. The monoisotopic (exact) mass is 249 g/mol. The number of carbonyl (C=O) groups excluding carboxylic acids is 1. The van der Waals surface area contributed by atoms with Crippen molar-refractivity contribution < 1.29 is 9.18 Å². The van der Waals surface area contributed by atoms with Crippen LogP contribution in [0.15, 0.2) is 24.3 Å². The molecule has 0 N–H and O–H groups in total. The summed E-state index contributed by atoms with van der Waals surface area (Å²) in [5, 5.41) is 0. The summed E-state index contributed by atoms with van der Waals surface area (Å²) >= 11 is 0. The van der Waals surface area contributed by atoms with Gasteiger partial charge in [0.1, 0.15) is 12.1 Å². The Kier molecular flexibility index (Phi) is 4.88. The fraction of sp³-hybridized carbons (Fsp3) is 0.533. The molecule has 0 unspecified atom stereocenters. The minimum absolute atomic E-state index is 0.173. The number of likely N-dealkylation sites (tertiary alicyclic amines) is 1. The van der Waals surface area contributed by atoms with Crippen molar-refractivity contribution in [2.24, 2.45) is 5.92 Å². The standard InChI is InChI=1S/C15H20FNO/c16-15-3-1-13(2-4-15)5-9-17-10-6-14(7-11-17)8-12-18/h1-4,12,14H,5-11H2. The zero-order chi connectivity index (χ0) is 12.8.